The lowest BCUT2D eigenvalue weighted by atomic mass is 9.76. The quantitative estimate of drug-likeness (QED) is 0.272. The minimum absolute atomic E-state index is 0.126. The third-order valence-corrected chi connectivity index (χ3v) is 11.4. The lowest BCUT2D eigenvalue weighted by molar-refractivity contribution is 0.215. The van der Waals surface area contributed by atoms with E-state index < -0.39 is 31.6 Å². The predicted molar refractivity (Wildman–Crippen MR) is 142 cm³/mol. The molecule has 1 N–H and O–H groups in total. The third kappa shape index (κ3) is 6.54. The zero-order valence-corrected chi connectivity index (χ0v) is 23.6. The molecule has 0 bridgehead atoms. The van der Waals surface area contributed by atoms with E-state index >= 15 is 0 Å². The van der Waals surface area contributed by atoms with Gasteiger partial charge in [-0.3, -0.25) is 4.55 Å². The van der Waals surface area contributed by atoms with E-state index in [4.69, 9.17) is 4.18 Å². The predicted octanol–water partition coefficient (Wildman–Crippen LogP) is 7.40. The van der Waals surface area contributed by atoms with Gasteiger partial charge in [-0.1, -0.05) is 83.8 Å². The summed E-state index contributed by atoms with van der Waals surface area (Å²) in [5, 5.41) is 0. The summed E-state index contributed by atoms with van der Waals surface area (Å²) >= 11 is 0. The Morgan fingerprint density at radius 2 is 1.08 bits per heavy atom. The standard InChI is InChI=1S/C28H44O6S2/c1-20(2)28(35(29,30)31)34-36(32,33)27-25(22-14-8-4-9-15-22)18-24(21-12-6-3-7-13-21)19-26(27)23-16-10-5-11-17-23/h18-23,28H,3-17H2,1-2H3,(H,29,30,31). The van der Waals surface area contributed by atoms with Gasteiger partial charge in [0.1, 0.15) is 4.90 Å². The van der Waals surface area contributed by atoms with E-state index in [9.17, 15) is 21.4 Å². The normalized spacial score (nSPS) is 22.7. The van der Waals surface area contributed by atoms with Crippen LogP contribution in [0.25, 0.3) is 0 Å². The second kappa shape index (κ2) is 11.8. The maximum absolute atomic E-state index is 14.0. The van der Waals surface area contributed by atoms with Gasteiger partial charge in [-0.15, -0.1) is 0 Å². The minimum atomic E-state index is -4.71. The van der Waals surface area contributed by atoms with Gasteiger partial charge in [0.2, 0.25) is 5.44 Å². The van der Waals surface area contributed by atoms with Crippen molar-refractivity contribution < 1.29 is 25.6 Å². The summed E-state index contributed by atoms with van der Waals surface area (Å²) in [6.07, 6.45) is 16.3. The van der Waals surface area contributed by atoms with Crippen molar-refractivity contribution in [2.75, 3.05) is 0 Å². The maximum atomic E-state index is 14.0. The van der Waals surface area contributed by atoms with Crippen LogP contribution < -0.4 is 0 Å². The molecule has 3 aliphatic rings. The lowest BCUT2D eigenvalue weighted by Crippen LogP contribution is -2.33. The van der Waals surface area contributed by atoms with Crippen LogP contribution in [0.4, 0.5) is 0 Å². The first-order valence-corrected chi connectivity index (χ1v) is 17.1. The smallest absolute Gasteiger partial charge is 0.284 e. The van der Waals surface area contributed by atoms with Gasteiger partial charge < -0.3 is 0 Å². The summed E-state index contributed by atoms with van der Waals surface area (Å²) < 4.78 is 67.4. The van der Waals surface area contributed by atoms with E-state index in [1.807, 2.05) is 0 Å². The molecule has 204 valence electrons. The van der Waals surface area contributed by atoms with Gasteiger partial charge in [0.15, 0.2) is 0 Å². The second-order valence-corrected chi connectivity index (χ2v) is 14.7. The van der Waals surface area contributed by atoms with Gasteiger partial charge in [-0.25, -0.2) is 4.18 Å². The monoisotopic (exact) mass is 540 g/mol. The van der Waals surface area contributed by atoms with E-state index in [1.54, 1.807) is 13.8 Å². The number of rotatable bonds is 8. The summed E-state index contributed by atoms with van der Waals surface area (Å²) in [6, 6.07) is 4.26. The Labute approximate surface area is 218 Å². The van der Waals surface area contributed by atoms with Crippen LogP contribution >= 0.6 is 0 Å². The molecule has 3 fully saturated rings. The van der Waals surface area contributed by atoms with E-state index in [0.717, 1.165) is 88.2 Å². The molecule has 0 aliphatic heterocycles. The first kappa shape index (κ1) is 28.1. The number of benzene rings is 1. The summed E-state index contributed by atoms with van der Waals surface area (Å²) in [7, 11) is -9.14. The highest BCUT2D eigenvalue weighted by Crippen LogP contribution is 2.46. The Morgan fingerprint density at radius 1 is 0.694 bits per heavy atom. The average molecular weight is 541 g/mol. The summed E-state index contributed by atoms with van der Waals surface area (Å²) in [5.41, 5.74) is 1.09. The molecular weight excluding hydrogens is 496 g/mol. The van der Waals surface area contributed by atoms with Crippen LogP contribution in [0.5, 0.6) is 0 Å². The largest absolute Gasteiger partial charge is 0.298 e. The van der Waals surface area contributed by atoms with Crippen molar-refractivity contribution in [1.29, 1.82) is 0 Å². The van der Waals surface area contributed by atoms with Crippen LogP contribution in [0.15, 0.2) is 17.0 Å². The molecule has 0 aromatic heterocycles. The molecule has 3 aliphatic carbocycles. The Bertz CT molecular complexity index is 1050. The van der Waals surface area contributed by atoms with Gasteiger partial charge in [0, 0.05) is 0 Å². The number of hydrogen-bond donors (Lipinski definition) is 1. The van der Waals surface area contributed by atoms with Crippen LogP contribution in [0.2, 0.25) is 0 Å². The molecule has 1 aromatic carbocycles. The van der Waals surface area contributed by atoms with Crippen LogP contribution in [0, 0.1) is 5.92 Å². The fourth-order valence-corrected chi connectivity index (χ4v) is 9.76. The van der Waals surface area contributed by atoms with Crippen LogP contribution in [-0.2, 0) is 24.4 Å². The van der Waals surface area contributed by atoms with Crippen molar-refractivity contribution >= 4 is 20.2 Å². The molecule has 1 atom stereocenters. The summed E-state index contributed by atoms with van der Waals surface area (Å²) in [6.45, 7) is 3.09. The summed E-state index contributed by atoms with van der Waals surface area (Å²) in [5.74, 6) is -0.0163. The van der Waals surface area contributed by atoms with Crippen molar-refractivity contribution in [3.05, 3.63) is 28.8 Å². The second-order valence-electron chi connectivity index (χ2n) is 11.7. The highest BCUT2D eigenvalue weighted by atomic mass is 32.2. The SMILES string of the molecule is CC(C)C(OS(=O)(=O)c1c(C2CCCCC2)cc(C2CCCCC2)cc1C1CCCCC1)S(=O)(=O)O. The lowest BCUT2D eigenvalue weighted by Gasteiger charge is -2.32. The van der Waals surface area contributed by atoms with E-state index in [2.05, 4.69) is 12.1 Å². The zero-order valence-electron chi connectivity index (χ0n) is 22.0. The van der Waals surface area contributed by atoms with Crippen molar-refractivity contribution in [1.82, 2.24) is 0 Å². The maximum Gasteiger partial charge on any atom is 0.298 e. The molecule has 36 heavy (non-hydrogen) atoms. The molecule has 0 spiro atoms. The van der Waals surface area contributed by atoms with Crippen LogP contribution in [-0.4, -0.2) is 26.8 Å². The zero-order chi connectivity index (χ0) is 25.9. The van der Waals surface area contributed by atoms with Crippen molar-refractivity contribution in [3.8, 4) is 0 Å². The fourth-order valence-electron chi connectivity index (χ4n) is 6.77. The van der Waals surface area contributed by atoms with Gasteiger partial charge >= 0.3 is 0 Å². The van der Waals surface area contributed by atoms with Gasteiger partial charge in [-0.2, -0.15) is 16.8 Å². The molecule has 0 saturated heterocycles. The van der Waals surface area contributed by atoms with Crippen LogP contribution in [0.3, 0.4) is 0 Å². The molecule has 0 heterocycles. The van der Waals surface area contributed by atoms with E-state index in [-0.39, 0.29) is 16.7 Å². The molecule has 0 amide bonds. The molecule has 4 rings (SSSR count). The van der Waals surface area contributed by atoms with Crippen molar-refractivity contribution in [2.45, 2.75) is 138 Å². The molecular formula is C28H44O6S2. The molecule has 8 heteroatoms. The number of hydrogen-bond acceptors (Lipinski definition) is 5. The van der Waals surface area contributed by atoms with Crippen LogP contribution in [0.1, 0.15) is 145 Å². The van der Waals surface area contributed by atoms with Gasteiger partial charge in [-0.05, 0) is 78.9 Å². The highest BCUT2D eigenvalue weighted by Gasteiger charge is 2.39. The molecule has 6 nitrogen and oxygen atoms in total. The molecule has 0 radical (unpaired) electrons. The third-order valence-electron chi connectivity index (χ3n) is 8.64. The van der Waals surface area contributed by atoms with Crippen molar-refractivity contribution in [2.24, 2.45) is 5.92 Å². The highest BCUT2D eigenvalue weighted by molar-refractivity contribution is 7.89. The first-order valence-electron chi connectivity index (χ1n) is 14.1. The molecule has 3 saturated carbocycles. The van der Waals surface area contributed by atoms with Crippen molar-refractivity contribution in [3.63, 3.8) is 0 Å². The van der Waals surface area contributed by atoms with E-state index in [0.29, 0.717) is 5.92 Å². The van der Waals surface area contributed by atoms with E-state index in [1.165, 1.54) is 24.8 Å². The van der Waals surface area contributed by atoms with Gasteiger partial charge in [0.05, 0.1) is 0 Å². The topological polar surface area (TPSA) is 97.7 Å². The summed E-state index contributed by atoms with van der Waals surface area (Å²) in [4.78, 5) is 0.204. The minimum Gasteiger partial charge on any atom is -0.284 e. The Balaban J connectivity index is 1.89. The molecule has 1 aromatic rings. The Kier molecular flexibility index (Phi) is 9.22. The molecule has 1 unspecified atom stereocenters. The van der Waals surface area contributed by atoms with Gasteiger partial charge in [0.25, 0.3) is 20.2 Å². The average Bonchev–Trinajstić information content (AvgIpc) is 2.87. The Hall–Kier alpha value is -0.960. The fraction of sp³-hybridized carbons (Fsp3) is 0.786. The Morgan fingerprint density at radius 3 is 1.44 bits per heavy atom. The first-order chi connectivity index (χ1) is 17.1.